The van der Waals surface area contributed by atoms with E-state index in [1.54, 1.807) is 0 Å². The second-order valence-electron chi connectivity index (χ2n) is 27.9. The first-order valence-electron chi connectivity index (χ1n) is 38.7. The fraction of sp³-hybridized carbons (Fsp3) is 0.895. The normalized spacial score (nSPS) is 14.5. The van der Waals surface area contributed by atoms with Gasteiger partial charge in [0.05, 0.1) is 26.4 Å². The zero-order chi connectivity index (χ0) is 70.1. The summed E-state index contributed by atoms with van der Waals surface area (Å²) in [6.07, 6.45) is 55.1. The highest BCUT2D eigenvalue weighted by atomic mass is 31.2. The molecule has 0 heterocycles. The van der Waals surface area contributed by atoms with Gasteiger partial charge in [-0.05, 0) is 69.1 Å². The number of ether oxygens (including phenoxy) is 4. The lowest BCUT2D eigenvalue weighted by Crippen LogP contribution is -2.30. The molecule has 0 aliphatic heterocycles. The van der Waals surface area contributed by atoms with Gasteiger partial charge in [-0.25, -0.2) is 9.13 Å². The van der Waals surface area contributed by atoms with Crippen LogP contribution in [0.2, 0.25) is 0 Å². The van der Waals surface area contributed by atoms with Gasteiger partial charge in [0.2, 0.25) is 0 Å². The Hall–Kier alpha value is -2.46. The molecule has 17 nitrogen and oxygen atoms in total. The summed E-state index contributed by atoms with van der Waals surface area (Å²) in [5.41, 5.74) is 0. The van der Waals surface area contributed by atoms with Gasteiger partial charge in [-0.3, -0.25) is 37.3 Å². The van der Waals surface area contributed by atoms with E-state index >= 15 is 0 Å². The first-order valence-corrected chi connectivity index (χ1v) is 41.7. The van der Waals surface area contributed by atoms with Crippen molar-refractivity contribution in [2.24, 2.45) is 17.8 Å². The average Bonchev–Trinajstić information content (AvgIpc) is 1.69. The van der Waals surface area contributed by atoms with Crippen LogP contribution in [-0.2, 0) is 65.4 Å². The van der Waals surface area contributed by atoms with E-state index in [0.717, 1.165) is 127 Å². The standard InChI is InChI=1S/C76H144O17P2/c1-8-10-11-12-13-14-15-16-19-23-26-29-35-43-50-57-73(78)86-63-71(93-76(81)60-53-46-37-32-31-34-41-48-55-68(5)6)65-90-94(82,83)88-61-70(77)62-89-95(84,85)91-66-72(64-87-74(79)58-51-44-39-38-42-49-56-69(7)9-2)92-75(80)59-52-45-36-30-27-24-21-18-17-20-22-25-28-33-40-47-54-67(3)4/h14-16,19,67-72,77H,8-13,17-18,20-66H2,1-7H3,(H,82,83)(H,84,85)/b15-14-,19-16-/t69?,70-,71-,72-/m1/s1. The van der Waals surface area contributed by atoms with Gasteiger partial charge in [-0.2, -0.15) is 0 Å². The fourth-order valence-electron chi connectivity index (χ4n) is 11.0. The SMILES string of the molecule is CCCCCC/C=C\C=C/CCCCCCCC(=O)OC[C@H](COP(=O)(O)OC[C@@H](O)COP(=O)(O)OC[C@@H](COC(=O)CCCCCCCCC(C)CC)OC(=O)CCCCCCCCCCCCCCCCCCC(C)C)OC(=O)CCCCCCCCCCC(C)C. The number of carbonyl (C=O) groups excluding carboxylic acids is 4. The van der Waals surface area contributed by atoms with Crippen molar-refractivity contribution in [3.05, 3.63) is 24.3 Å². The van der Waals surface area contributed by atoms with Crippen molar-refractivity contribution >= 4 is 39.5 Å². The van der Waals surface area contributed by atoms with Gasteiger partial charge < -0.3 is 33.8 Å². The van der Waals surface area contributed by atoms with E-state index in [2.05, 4.69) is 72.8 Å². The number of unbranched alkanes of at least 4 members (excludes halogenated alkanes) is 36. The lowest BCUT2D eigenvalue weighted by atomic mass is 10.00. The highest BCUT2D eigenvalue weighted by molar-refractivity contribution is 7.47. The Bertz CT molecular complexity index is 1950. The Labute approximate surface area is 580 Å². The lowest BCUT2D eigenvalue weighted by molar-refractivity contribution is -0.161. The molecule has 3 unspecified atom stereocenters. The molecular weight excluding hydrogens is 1250 g/mol. The molecule has 0 aromatic carbocycles. The summed E-state index contributed by atoms with van der Waals surface area (Å²) in [5, 5.41) is 10.6. The summed E-state index contributed by atoms with van der Waals surface area (Å²) in [5.74, 6) is 0.100. The quantitative estimate of drug-likeness (QED) is 0.0169. The minimum Gasteiger partial charge on any atom is -0.462 e. The summed E-state index contributed by atoms with van der Waals surface area (Å²) in [4.78, 5) is 72.7. The molecule has 19 heteroatoms. The zero-order valence-electron chi connectivity index (χ0n) is 61.6. The monoisotopic (exact) mass is 1390 g/mol. The van der Waals surface area contributed by atoms with Crippen molar-refractivity contribution in [1.82, 2.24) is 0 Å². The third-order valence-corrected chi connectivity index (χ3v) is 19.3. The maximum Gasteiger partial charge on any atom is 0.472 e. The van der Waals surface area contributed by atoms with Crippen molar-refractivity contribution in [2.45, 2.75) is 381 Å². The van der Waals surface area contributed by atoms with E-state index in [4.69, 9.17) is 37.0 Å². The number of aliphatic hydroxyl groups excluding tert-OH is 1. The lowest BCUT2D eigenvalue weighted by Gasteiger charge is -2.21. The third-order valence-electron chi connectivity index (χ3n) is 17.4. The molecule has 0 bridgehead atoms. The maximum atomic E-state index is 13.1. The van der Waals surface area contributed by atoms with E-state index < -0.39 is 97.5 Å². The molecule has 0 spiro atoms. The fourth-order valence-corrected chi connectivity index (χ4v) is 12.6. The molecule has 3 N–H and O–H groups in total. The predicted molar refractivity (Wildman–Crippen MR) is 386 cm³/mol. The van der Waals surface area contributed by atoms with Gasteiger partial charge in [-0.1, -0.05) is 310 Å². The molecule has 560 valence electrons. The van der Waals surface area contributed by atoms with Crippen LogP contribution in [0.4, 0.5) is 0 Å². The second kappa shape index (κ2) is 66.1. The Morgan fingerprint density at radius 2 is 0.621 bits per heavy atom. The van der Waals surface area contributed by atoms with Gasteiger partial charge in [0.25, 0.3) is 0 Å². The van der Waals surface area contributed by atoms with Gasteiger partial charge in [-0.15, -0.1) is 0 Å². The molecule has 0 aromatic rings. The van der Waals surface area contributed by atoms with E-state index in [0.29, 0.717) is 31.6 Å². The number of esters is 4. The summed E-state index contributed by atoms with van der Waals surface area (Å²) >= 11 is 0. The van der Waals surface area contributed by atoms with Gasteiger partial charge in [0, 0.05) is 25.7 Å². The van der Waals surface area contributed by atoms with Gasteiger partial charge >= 0.3 is 39.5 Å². The molecule has 95 heavy (non-hydrogen) atoms. The highest BCUT2D eigenvalue weighted by Gasteiger charge is 2.30. The van der Waals surface area contributed by atoms with Crippen LogP contribution in [0.5, 0.6) is 0 Å². The first-order chi connectivity index (χ1) is 45.8. The average molecular weight is 1390 g/mol. The van der Waals surface area contributed by atoms with Crippen LogP contribution in [0.3, 0.4) is 0 Å². The van der Waals surface area contributed by atoms with Crippen LogP contribution >= 0.6 is 15.6 Å². The zero-order valence-corrected chi connectivity index (χ0v) is 63.4. The van der Waals surface area contributed by atoms with Crippen molar-refractivity contribution in [3.8, 4) is 0 Å². The molecule has 0 radical (unpaired) electrons. The predicted octanol–water partition coefficient (Wildman–Crippen LogP) is 21.7. The summed E-state index contributed by atoms with van der Waals surface area (Å²) in [6.45, 7) is 11.8. The number of hydrogen-bond donors (Lipinski definition) is 3. The van der Waals surface area contributed by atoms with Crippen LogP contribution < -0.4 is 0 Å². The molecule has 0 rings (SSSR count). The smallest absolute Gasteiger partial charge is 0.462 e. The molecule has 0 aliphatic rings. The number of aliphatic hydroxyl groups is 1. The van der Waals surface area contributed by atoms with E-state index in [9.17, 15) is 43.2 Å². The molecule has 0 amide bonds. The molecular formula is C76H144O17P2. The first kappa shape index (κ1) is 92.5. The van der Waals surface area contributed by atoms with Crippen LogP contribution in [0.1, 0.15) is 363 Å². The maximum absolute atomic E-state index is 13.1. The molecule has 0 aliphatic carbocycles. The van der Waals surface area contributed by atoms with E-state index in [-0.39, 0.29) is 25.7 Å². The molecule has 0 saturated heterocycles. The topological polar surface area (TPSA) is 237 Å². The van der Waals surface area contributed by atoms with E-state index in [1.807, 2.05) is 0 Å². The molecule has 0 aromatic heterocycles. The largest absolute Gasteiger partial charge is 0.472 e. The Morgan fingerprint density at radius 1 is 0.347 bits per heavy atom. The van der Waals surface area contributed by atoms with Crippen molar-refractivity contribution in [3.63, 3.8) is 0 Å². The van der Waals surface area contributed by atoms with Crippen LogP contribution in [-0.4, -0.2) is 96.7 Å². The molecule has 6 atom stereocenters. The van der Waals surface area contributed by atoms with Gasteiger partial charge in [0.15, 0.2) is 12.2 Å². The highest BCUT2D eigenvalue weighted by Crippen LogP contribution is 2.45. The number of hydrogen-bond acceptors (Lipinski definition) is 15. The Balaban J connectivity index is 5.24. The Morgan fingerprint density at radius 3 is 0.937 bits per heavy atom. The van der Waals surface area contributed by atoms with E-state index in [1.165, 1.54) is 148 Å². The second-order valence-corrected chi connectivity index (χ2v) is 30.8. The molecule has 0 saturated carbocycles. The van der Waals surface area contributed by atoms with Gasteiger partial charge in [0.1, 0.15) is 19.3 Å². The third kappa shape index (κ3) is 68.5. The number of phosphoric ester groups is 2. The number of allylic oxidation sites excluding steroid dienone is 4. The Kier molecular flexibility index (Phi) is 64.4. The van der Waals surface area contributed by atoms with Crippen molar-refractivity contribution < 1.29 is 80.2 Å². The summed E-state index contributed by atoms with van der Waals surface area (Å²) in [7, 11) is -9.92. The summed E-state index contributed by atoms with van der Waals surface area (Å²) < 4.78 is 68.4. The van der Waals surface area contributed by atoms with Crippen LogP contribution in [0.15, 0.2) is 24.3 Å². The van der Waals surface area contributed by atoms with Crippen LogP contribution in [0, 0.1) is 17.8 Å². The van der Waals surface area contributed by atoms with Crippen LogP contribution in [0.25, 0.3) is 0 Å². The number of carbonyl (C=O) groups is 4. The van der Waals surface area contributed by atoms with Crippen molar-refractivity contribution in [2.75, 3.05) is 39.6 Å². The minimum atomic E-state index is -4.96. The number of rotatable bonds is 72. The minimum absolute atomic E-state index is 0.0973. The molecule has 0 fully saturated rings. The number of phosphoric acid groups is 2. The van der Waals surface area contributed by atoms with Crippen molar-refractivity contribution in [1.29, 1.82) is 0 Å². The summed E-state index contributed by atoms with van der Waals surface area (Å²) in [6, 6.07) is 0.